The number of aliphatic carboxylic acids is 1. The van der Waals surface area contributed by atoms with Crippen LogP contribution in [-0.2, 0) is 19.1 Å². The van der Waals surface area contributed by atoms with Gasteiger partial charge in [-0.2, -0.15) is 0 Å². The Hall–Kier alpha value is -3.39. The second kappa shape index (κ2) is 10.1. The standard InChI is InChI=1S/C27H30N2O6/c30-25(29-9-10-34-15-18(14-29)26(31)32)13-17-11-19(12-17)28-27(33)35-16-24-22-7-3-1-5-20(22)21-6-2-4-8-23(21)24/h1-8,17-19,24H,9-16H2,(H,28,33)(H,31,32). The van der Waals surface area contributed by atoms with E-state index in [9.17, 15) is 19.5 Å². The summed E-state index contributed by atoms with van der Waals surface area (Å²) in [6.45, 7) is 1.36. The Kier molecular flexibility index (Phi) is 6.72. The van der Waals surface area contributed by atoms with Crippen LogP contribution in [0.25, 0.3) is 11.1 Å². The number of hydrogen-bond acceptors (Lipinski definition) is 5. The molecule has 2 aromatic carbocycles. The van der Waals surface area contributed by atoms with Crippen LogP contribution in [0.5, 0.6) is 0 Å². The summed E-state index contributed by atoms with van der Waals surface area (Å²) in [5.41, 5.74) is 4.73. The first kappa shape index (κ1) is 23.4. The molecule has 1 saturated carbocycles. The highest BCUT2D eigenvalue weighted by atomic mass is 16.5. The summed E-state index contributed by atoms with van der Waals surface area (Å²) in [7, 11) is 0. The number of rotatable bonds is 6. The van der Waals surface area contributed by atoms with Gasteiger partial charge in [0.05, 0.1) is 19.1 Å². The van der Waals surface area contributed by atoms with Gasteiger partial charge in [-0.1, -0.05) is 48.5 Å². The zero-order valence-corrected chi connectivity index (χ0v) is 19.5. The van der Waals surface area contributed by atoms with E-state index in [0.29, 0.717) is 32.4 Å². The number of carboxylic acid groups (broad SMARTS) is 1. The lowest BCUT2D eigenvalue weighted by Crippen LogP contribution is -2.47. The van der Waals surface area contributed by atoms with Crippen LogP contribution in [0.1, 0.15) is 36.3 Å². The minimum Gasteiger partial charge on any atom is -0.481 e. The van der Waals surface area contributed by atoms with Gasteiger partial charge >= 0.3 is 12.1 Å². The van der Waals surface area contributed by atoms with Crippen molar-refractivity contribution >= 4 is 18.0 Å². The number of nitrogens with zero attached hydrogens (tertiary/aromatic N) is 1. The predicted molar refractivity (Wildman–Crippen MR) is 128 cm³/mol. The number of ether oxygens (including phenoxy) is 2. The van der Waals surface area contributed by atoms with Crippen molar-refractivity contribution < 1.29 is 29.0 Å². The molecule has 3 aliphatic rings. The maximum atomic E-state index is 12.7. The maximum absolute atomic E-state index is 12.7. The van der Waals surface area contributed by atoms with E-state index in [1.54, 1.807) is 4.90 Å². The molecule has 0 spiro atoms. The molecule has 2 aromatic rings. The molecule has 0 bridgehead atoms. The van der Waals surface area contributed by atoms with Crippen LogP contribution in [0.2, 0.25) is 0 Å². The molecule has 2 N–H and O–H groups in total. The van der Waals surface area contributed by atoms with Gasteiger partial charge in [0, 0.05) is 31.5 Å². The Labute approximate surface area is 204 Å². The highest BCUT2D eigenvalue weighted by molar-refractivity contribution is 5.79. The van der Waals surface area contributed by atoms with Gasteiger partial charge in [0.2, 0.25) is 5.91 Å². The number of hydrogen-bond donors (Lipinski definition) is 2. The summed E-state index contributed by atoms with van der Waals surface area (Å²) in [4.78, 5) is 38.0. The van der Waals surface area contributed by atoms with E-state index in [0.717, 1.165) is 0 Å². The summed E-state index contributed by atoms with van der Waals surface area (Å²) >= 11 is 0. The number of fused-ring (bicyclic) bond motifs is 3. The number of carbonyl (C=O) groups is 3. The quantitative estimate of drug-likeness (QED) is 0.660. The zero-order chi connectivity index (χ0) is 24.4. The topological polar surface area (TPSA) is 105 Å². The summed E-state index contributed by atoms with van der Waals surface area (Å²) < 4.78 is 10.9. The van der Waals surface area contributed by atoms with Crippen LogP contribution in [0.4, 0.5) is 4.79 Å². The highest BCUT2D eigenvalue weighted by Crippen LogP contribution is 2.44. The summed E-state index contributed by atoms with van der Waals surface area (Å²) in [5, 5.41) is 12.2. The molecule has 5 rings (SSSR count). The fourth-order valence-corrected chi connectivity index (χ4v) is 5.39. The van der Waals surface area contributed by atoms with Gasteiger partial charge in [-0.25, -0.2) is 4.79 Å². The highest BCUT2D eigenvalue weighted by Gasteiger charge is 2.35. The Balaban J connectivity index is 1.07. The molecule has 1 atom stereocenters. The maximum Gasteiger partial charge on any atom is 0.407 e. The van der Waals surface area contributed by atoms with Crippen LogP contribution < -0.4 is 5.32 Å². The zero-order valence-electron chi connectivity index (χ0n) is 19.5. The lowest BCUT2D eigenvalue weighted by atomic mass is 9.78. The van der Waals surface area contributed by atoms with E-state index in [-0.39, 0.29) is 43.5 Å². The summed E-state index contributed by atoms with van der Waals surface area (Å²) in [5.74, 6) is -1.49. The van der Waals surface area contributed by atoms with Gasteiger partial charge < -0.3 is 24.8 Å². The molecule has 35 heavy (non-hydrogen) atoms. The molecule has 2 aliphatic carbocycles. The minimum atomic E-state index is -0.944. The third-order valence-electron chi connectivity index (χ3n) is 7.33. The molecule has 2 amide bonds. The average molecular weight is 479 g/mol. The van der Waals surface area contributed by atoms with Crippen LogP contribution in [0.3, 0.4) is 0 Å². The fraction of sp³-hybridized carbons (Fsp3) is 0.444. The largest absolute Gasteiger partial charge is 0.481 e. The van der Waals surface area contributed by atoms with Crippen molar-refractivity contribution in [2.24, 2.45) is 11.8 Å². The normalized spacial score (nSPS) is 23.4. The van der Waals surface area contributed by atoms with E-state index in [2.05, 4.69) is 29.6 Å². The van der Waals surface area contributed by atoms with Crippen molar-refractivity contribution in [2.45, 2.75) is 31.2 Å². The Morgan fingerprint density at radius 2 is 1.69 bits per heavy atom. The number of amides is 2. The Bertz CT molecular complexity index is 1070. The molecule has 1 unspecified atom stereocenters. The van der Waals surface area contributed by atoms with Crippen molar-refractivity contribution in [1.29, 1.82) is 0 Å². The van der Waals surface area contributed by atoms with Crippen molar-refractivity contribution in [3.05, 3.63) is 59.7 Å². The van der Waals surface area contributed by atoms with E-state index in [1.807, 2.05) is 24.3 Å². The van der Waals surface area contributed by atoms with Gasteiger partial charge in [-0.15, -0.1) is 0 Å². The summed E-state index contributed by atoms with van der Waals surface area (Å²) in [6, 6.07) is 16.4. The number of nitrogens with one attached hydrogen (secondary N) is 1. The molecular formula is C27H30N2O6. The van der Waals surface area contributed by atoms with E-state index in [1.165, 1.54) is 22.3 Å². The van der Waals surface area contributed by atoms with Gasteiger partial charge in [0.1, 0.15) is 6.61 Å². The van der Waals surface area contributed by atoms with Crippen molar-refractivity contribution in [3.63, 3.8) is 0 Å². The molecule has 2 fully saturated rings. The fourth-order valence-electron chi connectivity index (χ4n) is 5.39. The van der Waals surface area contributed by atoms with E-state index >= 15 is 0 Å². The molecule has 8 heteroatoms. The Morgan fingerprint density at radius 1 is 1.03 bits per heavy atom. The first-order chi connectivity index (χ1) is 17.0. The van der Waals surface area contributed by atoms with Crippen molar-refractivity contribution in [1.82, 2.24) is 10.2 Å². The number of carbonyl (C=O) groups excluding carboxylic acids is 2. The second-order valence-electron chi connectivity index (χ2n) is 9.66. The van der Waals surface area contributed by atoms with Crippen LogP contribution in [0, 0.1) is 11.8 Å². The number of alkyl carbamates (subject to hydrolysis) is 1. The molecular weight excluding hydrogens is 448 g/mol. The molecule has 1 heterocycles. The van der Waals surface area contributed by atoms with Crippen LogP contribution in [-0.4, -0.2) is 66.9 Å². The molecule has 0 aromatic heterocycles. The van der Waals surface area contributed by atoms with Gasteiger partial charge in [0.15, 0.2) is 0 Å². The first-order valence-corrected chi connectivity index (χ1v) is 12.2. The average Bonchev–Trinajstić information content (AvgIpc) is 2.96. The van der Waals surface area contributed by atoms with Crippen LogP contribution >= 0.6 is 0 Å². The van der Waals surface area contributed by atoms with Crippen molar-refractivity contribution in [2.75, 3.05) is 32.9 Å². The third-order valence-corrected chi connectivity index (χ3v) is 7.33. The molecule has 0 radical (unpaired) electrons. The lowest BCUT2D eigenvalue weighted by molar-refractivity contribution is -0.144. The first-order valence-electron chi connectivity index (χ1n) is 12.2. The predicted octanol–water partition coefficient (Wildman–Crippen LogP) is 3.25. The second-order valence-corrected chi connectivity index (χ2v) is 9.66. The number of carboxylic acids is 1. The van der Waals surface area contributed by atoms with Crippen molar-refractivity contribution in [3.8, 4) is 11.1 Å². The van der Waals surface area contributed by atoms with E-state index < -0.39 is 18.0 Å². The van der Waals surface area contributed by atoms with Gasteiger partial charge in [0.25, 0.3) is 0 Å². The molecule has 1 saturated heterocycles. The molecule has 1 aliphatic heterocycles. The smallest absolute Gasteiger partial charge is 0.407 e. The molecule has 8 nitrogen and oxygen atoms in total. The minimum absolute atomic E-state index is 0.0114. The van der Waals surface area contributed by atoms with E-state index in [4.69, 9.17) is 9.47 Å². The monoisotopic (exact) mass is 478 g/mol. The number of benzene rings is 2. The third kappa shape index (κ3) is 5.03. The lowest BCUT2D eigenvalue weighted by Gasteiger charge is -2.36. The summed E-state index contributed by atoms with van der Waals surface area (Å²) in [6.07, 6.45) is 1.34. The SMILES string of the molecule is O=C(NC1CC(CC(=O)N2CCOCC(C(=O)O)C2)C1)OCC1c2ccccc2-c2ccccc21. The molecule has 184 valence electrons. The Morgan fingerprint density at radius 3 is 2.34 bits per heavy atom. The van der Waals surface area contributed by atoms with Gasteiger partial charge in [-0.05, 0) is 41.0 Å². The van der Waals surface area contributed by atoms with Crippen LogP contribution in [0.15, 0.2) is 48.5 Å². The van der Waals surface area contributed by atoms with Gasteiger partial charge in [-0.3, -0.25) is 9.59 Å².